The normalized spacial score (nSPS) is 27.4. The van der Waals surface area contributed by atoms with E-state index in [-0.39, 0.29) is 10.8 Å². The first-order valence-corrected chi connectivity index (χ1v) is 12.4. The lowest BCUT2D eigenvalue weighted by molar-refractivity contribution is 0.0294. The summed E-state index contributed by atoms with van der Waals surface area (Å²) in [5.41, 5.74) is 6.10. The van der Waals surface area contributed by atoms with Gasteiger partial charge in [0.05, 0.1) is 0 Å². The van der Waals surface area contributed by atoms with Crippen molar-refractivity contribution >= 4 is 34.6 Å². The minimum Gasteiger partial charge on any atom is -0.362 e. The molecule has 166 valence electrons. The molecule has 3 unspecified atom stereocenters. The van der Waals surface area contributed by atoms with E-state index in [0.717, 1.165) is 17.3 Å². The van der Waals surface area contributed by atoms with Gasteiger partial charge in [0, 0.05) is 17.3 Å². The first-order chi connectivity index (χ1) is 14.7. The quantitative estimate of drug-likeness (QED) is 0.468. The Hall–Kier alpha value is -1.58. The molecule has 0 aliphatic heterocycles. The van der Waals surface area contributed by atoms with Gasteiger partial charge in [0.2, 0.25) is 0 Å². The molecule has 0 radical (unpaired) electrons. The van der Waals surface area contributed by atoms with Crippen LogP contribution in [0.4, 0.5) is 5.69 Å². The second kappa shape index (κ2) is 8.75. The van der Waals surface area contributed by atoms with Crippen LogP contribution in [0.15, 0.2) is 42.5 Å². The van der Waals surface area contributed by atoms with Crippen LogP contribution in [-0.2, 0) is 11.8 Å². The van der Waals surface area contributed by atoms with Gasteiger partial charge in [-0.25, -0.2) is 0 Å². The monoisotopic (exact) mass is 454 g/mol. The topological polar surface area (TPSA) is 24.1 Å². The molecule has 31 heavy (non-hydrogen) atoms. The highest BCUT2D eigenvalue weighted by molar-refractivity contribution is 7.80. The maximum atomic E-state index is 5.99. The first kappa shape index (κ1) is 22.6. The lowest BCUT2D eigenvalue weighted by Gasteiger charge is -2.55. The molecule has 3 atom stereocenters. The number of rotatable bonds is 4. The number of thiocarbonyl (C=S) groups is 1. The van der Waals surface area contributed by atoms with Crippen molar-refractivity contribution in [2.45, 2.75) is 71.1 Å². The van der Waals surface area contributed by atoms with Crippen molar-refractivity contribution in [3.63, 3.8) is 0 Å². The van der Waals surface area contributed by atoms with Gasteiger partial charge in [-0.05, 0) is 102 Å². The largest absolute Gasteiger partial charge is 0.362 e. The number of hydrogen-bond acceptors (Lipinski definition) is 1. The smallest absolute Gasteiger partial charge is 0.170 e. The number of benzene rings is 2. The second-order valence-electron chi connectivity index (χ2n) is 10.4. The third kappa shape index (κ3) is 4.50. The minimum absolute atomic E-state index is 0.229. The average molecular weight is 455 g/mol. The minimum atomic E-state index is 0.229. The van der Waals surface area contributed by atoms with E-state index in [0.29, 0.717) is 16.9 Å². The molecule has 1 saturated carbocycles. The molecule has 1 fully saturated rings. The van der Waals surface area contributed by atoms with E-state index < -0.39 is 0 Å². The summed E-state index contributed by atoms with van der Waals surface area (Å²) >= 11 is 11.6. The van der Waals surface area contributed by atoms with E-state index in [9.17, 15) is 0 Å². The summed E-state index contributed by atoms with van der Waals surface area (Å²) in [5.74, 6) is 1.25. The van der Waals surface area contributed by atoms with Crippen molar-refractivity contribution in [3.8, 4) is 0 Å². The molecule has 0 saturated heterocycles. The van der Waals surface area contributed by atoms with Gasteiger partial charge in [-0.2, -0.15) is 0 Å². The van der Waals surface area contributed by atoms with Crippen LogP contribution in [0.5, 0.6) is 0 Å². The molecule has 4 rings (SSSR count). The summed E-state index contributed by atoms with van der Waals surface area (Å²) in [6.45, 7) is 10.5. The van der Waals surface area contributed by atoms with Crippen molar-refractivity contribution in [1.29, 1.82) is 0 Å². The average Bonchev–Trinajstić information content (AvgIpc) is 2.73. The van der Waals surface area contributed by atoms with E-state index >= 15 is 0 Å². The van der Waals surface area contributed by atoms with Crippen LogP contribution in [0.1, 0.15) is 76.0 Å². The second-order valence-corrected chi connectivity index (χ2v) is 11.2. The zero-order valence-electron chi connectivity index (χ0n) is 19.2. The van der Waals surface area contributed by atoms with Gasteiger partial charge in [0.15, 0.2) is 5.11 Å². The Morgan fingerprint density at radius 3 is 2.58 bits per heavy atom. The third-order valence-corrected chi connectivity index (χ3v) is 8.42. The fraction of sp³-hybridized carbons (Fsp3) is 0.519. The molecular weight excluding hydrogens is 420 g/mol. The van der Waals surface area contributed by atoms with Gasteiger partial charge in [0.1, 0.15) is 0 Å². The Labute approximate surface area is 198 Å². The van der Waals surface area contributed by atoms with Crippen LogP contribution in [0.25, 0.3) is 0 Å². The van der Waals surface area contributed by atoms with Crippen LogP contribution in [0, 0.1) is 11.3 Å². The molecule has 0 bridgehead atoms. The standard InChI is InChI=1S/C27H35ClN2S/c1-18(2)19-6-12-23-20(16-19)7-13-24-26(3,14-5-15-27(23,24)4)17-29-25(31)30-22-10-8-21(28)9-11-22/h6,8-12,16,18,24H,5,7,13-15,17H2,1-4H3,(H2,29,30,31). The predicted molar refractivity (Wildman–Crippen MR) is 137 cm³/mol. The van der Waals surface area contributed by atoms with Crippen LogP contribution in [-0.4, -0.2) is 11.7 Å². The van der Waals surface area contributed by atoms with Gasteiger partial charge in [0.25, 0.3) is 0 Å². The van der Waals surface area contributed by atoms with Crippen molar-refractivity contribution in [2.24, 2.45) is 11.3 Å². The van der Waals surface area contributed by atoms with Crippen LogP contribution in [0.3, 0.4) is 0 Å². The number of hydrogen-bond donors (Lipinski definition) is 2. The molecule has 2 N–H and O–H groups in total. The molecule has 2 aromatic carbocycles. The maximum absolute atomic E-state index is 5.99. The van der Waals surface area contributed by atoms with Crippen molar-refractivity contribution in [3.05, 3.63) is 64.2 Å². The summed E-state index contributed by atoms with van der Waals surface area (Å²) in [6.07, 6.45) is 6.27. The zero-order valence-corrected chi connectivity index (χ0v) is 20.8. The molecule has 2 aliphatic carbocycles. The Morgan fingerprint density at radius 2 is 1.87 bits per heavy atom. The van der Waals surface area contributed by atoms with E-state index in [1.54, 1.807) is 11.1 Å². The lowest BCUT2D eigenvalue weighted by atomic mass is 9.49. The molecular formula is C27H35ClN2S. The highest BCUT2D eigenvalue weighted by atomic mass is 35.5. The fourth-order valence-electron chi connectivity index (χ4n) is 6.21. The zero-order chi connectivity index (χ0) is 22.2. The van der Waals surface area contributed by atoms with Gasteiger partial charge < -0.3 is 10.6 Å². The molecule has 0 aromatic heterocycles. The van der Waals surface area contributed by atoms with E-state index in [2.05, 4.69) is 56.5 Å². The third-order valence-electron chi connectivity index (χ3n) is 7.92. The summed E-state index contributed by atoms with van der Waals surface area (Å²) < 4.78 is 0. The number of fused-ring (bicyclic) bond motifs is 3. The van der Waals surface area contributed by atoms with Crippen LogP contribution < -0.4 is 10.6 Å². The summed E-state index contributed by atoms with van der Waals surface area (Å²) in [6, 6.07) is 15.0. The van der Waals surface area contributed by atoms with Gasteiger partial charge in [-0.1, -0.05) is 63.9 Å². The molecule has 4 heteroatoms. The molecule has 2 nitrogen and oxygen atoms in total. The van der Waals surface area contributed by atoms with Gasteiger partial charge in [-0.15, -0.1) is 0 Å². The Kier molecular flexibility index (Phi) is 6.38. The Bertz CT molecular complexity index is 954. The van der Waals surface area contributed by atoms with Gasteiger partial charge in [-0.3, -0.25) is 0 Å². The van der Waals surface area contributed by atoms with Crippen molar-refractivity contribution in [1.82, 2.24) is 5.32 Å². The maximum Gasteiger partial charge on any atom is 0.170 e. The predicted octanol–water partition coefficient (Wildman–Crippen LogP) is 7.46. The lowest BCUT2D eigenvalue weighted by Crippen LogP contribution is -2.53. The summed E-state index contributed by atoms with van der Waals surface area (Å²) in [5, 5.41) is 8.26. The SMILES string of the molecule is CC(C)c1ccc2c(c1)CCC1C(C)(CNC(=S)Nc3ccc(Cl)cc3)CCCC21C. The highest BCUT2D eigenvalue weighted by Gasteiger charge is 2.51. The number of aryl methyl sites for hydroxylation is 1. The Morgan fingerprint density at radius 1 is 1.13 bits per heavy atom. The number of anilines is 1. The number of nitrogens with one attached hydrogen (secondary N) is 2. The molecule has 0 amide bonds. The van der Waals surface area contributed by atoms with Crippen molar-refractivity contribution in [2.75, 3.05) is 11.9 Å². The van der Waals surface area contributed by atoms with Crippen molar-refractivity contribution < 1.29 is 0 Å². The van der Waals surface area contributed by atoms with E-state index in [1.165, 1.54) is 37.7 Å². The van der Waals surface area contributed by atoms with Gasteiger partial charge >= 0.3 is 0 Å². The summed E-state index contributed by atoms with van der Waals surface area (Å²) in [7, 11) is 0. The van der Waals surface area contributed by atoms with E-state index in [1.807, 2.05) is 24.3 Å². The molecule has 0 heterocycles. The number of halogens is 1. The molecule has 2 aromatic rings. The molecule has 2 aliphatic rings. The van der Waals surface area contributed by atoms with E-state index in [4.69, 9.17) is 23.8 Å². The van der Waals surface area contributed by atoms with Crippen LogP contribution >= 0.6 is 23.8 Å². The Balaban J connectivity index is 1.49. The molecule has 0 spiro atoms. The first-order valence-electron chi connectivity index (χ1n) is 11.6. The summed E-state index contributed by atoms with van der Waals surface area (Å²) in [4.78, 5) is 0. The highest BCUT2D eigenvalue weighted by Crippen LogP contribution is 2.57. The fourth-order valence-corrected chi connectivity index (χ4v) is 6.52. The van der Waals surface area contributed by atoms with Crippen LogP contribution in [0.2, 0.25) is 5.02 Å².